The van der Waals surface area contributed by atoms with E-state index in [0.717, 1.165) is 0 Å². The van der Waals surface area contributed by atoms with Gasteiger partial charge in [-0.1, -0.05) is 0 Å². The highest BCUT2D eigenvalue weighted by atomic mass is 16.5. The van der Waals surface area contributed by atoms with Crippen molar-refractivity contribution in [2.75, 3.05) is 26.4 Å². The third-order valence-corrected chi connectivity index (χ3v) is 2.35. The average molecular weight is 254 g/mol. The number of ether oxygens (including phenoxy) is 1. The van der Waals surface area contributed by atoms with Crippen LogP contribution in [0.1, 0.15) is 16.8 Å². The predicted molar refractivity (Wildman–Crippen MR) is 66.5 cm³/mol. The summed E-state index contributed by atoms with van der Waals surface area (Å²) in [4.78, 5) is 23.0. The second-order valence-electron chi connectivity index (χ2n) is 3.81. The van der Waals surface area contributed by atoms with Crippen LogP contribution in [-0.2, 0) is 11.8 Å². The van der Waals surface area contributed by atoms with Crippen molar-refractivity contribution in [3.05, 3.63) is 34.2 Å². The van der Waals surface area contributed by atoms with E-state index in [9.17, 15) is 9.59 Å². The fraction of sp³-hybridized carbons (Fsp3) is 0.500. The van der Waals surface area contributed by atoms with Crippen molar-refractivity contribution in [3.8, 4) is 0 Å². The van der Waals surface area contributed by atoms with E-state index in [2.05, 4.69) is 5.32 Å². The standard InChI is InChI=1S/C12H18N2O4/c1-14-5-3-10(9-11(14)16)12(17)13-4-2-7-18-8-6-15/h3,5,9,15H,2,4,6-8H2,1H3,(H,13,17). The predicted octanol–water partition coefficient (Wildman–Crippen LogP) is -0.486. The van der Waals surface area contributed by atoms with Gasteiger partial charge in [0.05, 0.1) is 13.2 Å². The van der Waals surface area contributed by atoms with E-state index in [1.807, 2.05) is 0 Å². The van der Waals surface area contributed by atoms with Crippen molar-refractivity contribution < 1.29 is 14.6 Å². The molecule has 0 atom stereocenters. The quantitative estimate of drug-likeness (QED) is 0.644. The molecule has 0 saturated heterocycles. The van der Waals surface area contributed by atoms with Gasteiger partial charge in [0.2, 0.25) is 0 Å². The van der Waals surface area contributed by atoms with Crippen molar-refractivity contribution >= 4 is 5.91 Å². The number of rotatable bonds is 7. The van der Waals surface area contributed by atoms with Crippen molar-refractivity contribution in [1.29, 1.82) is 0 Å². The first kappa shape index (κ1) is 14.4. The van der Waals surface area contributed by atoms with Gasteiger partial charge >= 0.3 is 0 Å². The number of amides is 1. The molecule has 0 radical (unpaired) electrons. The maximum absolute atomic E-state index is 11.7. The molecule has 18 heavy (non-hydrogen) atoms. The van der Waals surface area contributed by atoms with Crippen LogP contribution in [0, 0.1) is 0 Å². The molecule has 0 aliphatic heterocycles. The molecule has 6 heteroatoms. The molecule has 1 aromatic rings. The van der Waals surface area contributed by atoms with Gasteiger partial charge in [-0.15, -0.1) is 0 Å². The van der Waals surface area contributed by atoms with Crippen LogP contribution in [0.25, 0.3) is 0 Å². The zero-order valence-electron chi connectivity index (χ0n) is 10.4. The number of carbonyl (C=O) groups excluding carboxylic acids is 1. The molecule has 1 amide bonds. The molecule has 0 aliphatic carbocycles. The Morgan fingerprint density at radius 2 is 2.28 bits per heavy atom. The molecular weight excluding hydrogens is 236 g/mol. The molecule has 0 aromatic carbocycles. The van der Waals surface area contributed by atoms with Crippen molar-refractivity contribution in [1.82, 2.24) is 9.88 Å². The van der Waals surface area contributed by atoms with E-state index in [0.29, 0.717) is 31.7 Å². The topological polar surface area (TPSA) is 80.6 Å². The Labute approximate surface area is 105 Å². The fourth-order valence-corrected chi connectivity index (χ4v) is 1.33. The number of aliphatic hydroxyl groups is 1. The number of pyridine rings is 1. The summed E-state index contributed by atoms with van der Waals surface area (Å²) in [6.07, 6.45) is 2.22. The molecule has 1 rings (SSSR count). The van der Waals surface area contributed by atoms with E-state index in [1.54, 1.807) is 19.3 Å². The molecule has 0 saturated carbocycles. The third kappa shape index (κ3) is 4.68. The summed E-state index contributed by atoms with van der Waals surface area (Å²) in [5.41, 5.74) is 0.142. The highest BCUT2D eigenvalue weighted by Crippen LogP contribution is 1.94. The lowest BCUT2D eigenvalue weighted by molar-refractivity contribution is 0.0867. The molecule has 2 N–H and O–H groups in total. The molecular formula is C12H18N2O4. The van der Waals surface area contributed by atoms with Crippen molar-refractivity contribution in [3.63, 3.8) is 0 Å². The summed E-state index contributed by atoms with van der Waals surface area (Å²) in [5.74, 6) is -0.269. The van der Waals surface area contributed by atoms with Crippen LogP contribution >= 0.6 is 0 Å². The molecule has 0 spiro atoms. The molecule has 0 aliphatic rings. The van der Waals surface area contributed by atoms with E-state index in [4.69, 9.17) is 9.84 Å². The van der Waals surface area contributed by atoms with Gasteiger partial charge in [0.15, 0.2) is 0 Å². The smallest absolute Gasteiger partial charge is 0.251 e. The molecule has 0 unspecified atom stereocenters. The maximum Gasteiger partial charge on any atom is 0.251 e. The van der Waals surface area contributed by atoms with Crippen molar-refractivity contribution in [2.24, 2.45) is 7.05 Å². The van der Waals surface area contributed by atoms with Gasteiger partial charge in [-0.3, -0.25) is 9.59 Å². The Bertz CT molecular complexity index is 442. The molecule has 1 heterocycles. The second kappa shape index (κ2) is 7.62. The van der Waals surface area contributed by atoms with Crippen LogP contribution in [0.4, 0.5) is 0 Å². The lowest BCUT2D eigenvalue weighted by atomic mass is 10.2. The first-order valence-corrected chi connectivity index (χ1v) is 5.78. The summed E-state index contributed by atoms with van der Waals surface area (Å²) < 4.78 is 6.45. The second-order valence-corrected chi connectivity index (χ2v) is 3.81. The summed E-state index contributed by atoms with van der Waals surface area (Å²) in [6.45, 7) is 1.26. The summed E-state index contributed by atoms with van der Waals surface area (Å²) in [7, 11) is 1.63. The molecule has 0 bridgehead atoms. The zero-order chi connectivity index (χ0) is 13.4. The number of nitrogens with zero attached hydrogens (tertiary/aromatic N) is 1. The molecule has 100 valence electrons. The number of aromatic nitrogens is 1. The van der Waals surface area contributed by atoms with Gasteiger partial charge in [-0.25, -0.2) is 0 Å². The van der Waals surface area contributed by atoms with Gasteiger partial charge < -0.3 is 19.7 Å². The lowest BCUT2D eigenvalue weighted by Crippen LogP contribution is -2.27. The van der Waals surface area contributed by atoms with Crippen molar-refractivity contribution in [2.45, 2.75) is 6.42 Å². The minimum Gasteiger partial charge on any atom is -0.394 e. The monoisotopic (exact) mass is 254 g/mol. The Morgan fingerprint density at radius 1 is 1.50 bits per heavy atom. The Kier molecular flexibility index (Phi) is 6.10. The molecule has 6 nitrogen and oxygen atoms in total. The average Bonchev–Trinajstić information content (AvgIpc) is 2.36. The van der Waals surface area contributed by atoms with Crippen LogP contribution in [-0.4, -0.2) is 41.9 Å². The van der Waals surface area contributed by atoms with Gasteiger partial charge in [-0.05, 0) is 12.5 Å². The van der Waals surface area contributed by atoms with Crippen LogP contribution < -0.4 is 10.9 Å². The normalized spacial score (nSPS) is 10.3. The lowest BCUT2D eigenvalue weighted by Gasteiger charge is -2.06. The highest BCUT2D eigenvalue weighted by Gasteiger charge is 2.05. The number of hydrogen-bond donors (Lipinski definition) is 2. The molecule has 1 aromatic heterocycles. The highest BCUT2D eigenvalue weighted by molar-refractivity contribution is 5.93. The maximum atomic E-state index is 11.7. The number of hydrogen-bond acceptors (Lipinski definition) is 4. The van der Waals surface area contributed by atoms with Gasteiger partial charge in [0.1, 0.15) is 0 Å². The fourth-order valence-electron chi connectivity index (χ4n) is 1.33. The van der Waals surface area contributed by atoms with E-state index < -0.39 is 0 Å². The summed E-state index contributed by atoms with van der Waals surface area (Å²) in [5, 5.41) is 11.2. The first-order chi connectivity index (χ1) is 8.65. The minimum atomic E-state index is -0.269. The zero-order valence-corrected chi connectivity index (χ0v) is 10.4. The number of nitrogens with one attached hydrogen (secondary N) is 1. The van der Waals surface area contributed by atoms with E-state index in [-0.39, 0.29) is 18.1 Å². The SMILES string of the molecule is Cn1ccc(C(=O)NCCCOCCO)cc1=O. The van der Waals surface area contributed by atoms with E-state index >= 15 is 0 Å². The Balaban J connectivity index is 2.32. The van der Waals surface area contributed by atoms with Gasteiger partial charge in [0, 0.05) is 38.0 Å². The van der Waals surface area contributed by atoms with Gasteiger partial charge in [0.25, 0.3) is 11.5 Å². The Morgan fingerprint density at radius 3 is 2.94 bits per heavy atom. The minimum absolute atomic E-state index is 0.000328. The van der Waals surface area contributed by atoms with Crippen LogP contribution in [0.2, 0.25) is 0 Å². The number of aryl methyl sites for hydroxylation is 1. The largest absolute Gasteiger partial charge is 0.394 e. The van der Waals surface area contributed by atoms with Crippen LogP contribution in [0.3, 0.4) is 0 Å². The first-order valence-electron chi connectivity index (χ1n) is 5.78. The molecule has 0 fully saturated rings. The van der Waals surface area contributed by atoms with Gasteiger partial charge in [-0.2, -0.15) is 0 Å². The number of aliphatic hydroxyl groups excluding tert-OH is 1. The van der Waals surface area contributed by atoms with Crippen LogP contribution in [0.15, 0.2) is 23.1 Å². The van der Waals surface area contributed by atoms with Crippen LogP contribution in [0.5, 0.6) is 0 Å². The summed E-state index contributed by atoms with van der Waals surface area (Å²) in [6, 6.07) is 2.90. The third-order valence-electron chi connectivity index (χ3n) is 2.35. The summed E-state index contributed by atoms with van der Waals surface area (Å²) >= 11 is 0. The number of carbonyl (C=O) groups is 1. The van der Waals surface area contributed by atoms with E-state index in [1.165, 1.54) is 10.6 Å². The Hall–Kier alpha value is -1.66.